The third kappa shape index (κ3) is 5.74. The molecule has 0 radical (unpaired) electrons. The van der Waals surface area contributed by atoms with Crippen LogP contribution in [0.3, 0.4) is 0 Å². The van der Waals surface area contributed by atoms with Gasteiger partial charge in [0.05, 0.1) is 41.6 Å². The summed E-state index contributed by atoms with van der Waals surface area (Å²) < 4.78 is 5.40. The molecule has 2 aromatic carbocycles. The summed E-state index contributed by atoms with van der Waals surface area (Å²) in [6.07, 6.45) is 0. The Kier molecular flexibility index (Phi) is 7.54. The zero-order valence-corrected chi connectivity index (χ0v) is 18.8. The van der Waals surface area contributed by atoms with E-state index in [9.17, 15) is 9.59 Å². The standard InChI is InChI=1S/C22H22ClN5O3S/c23-17-7-3-1-5-15(17)21(30)27-26-20(29)14-32-22-16-6-2-4-8-18(16)24-19(25-22)13-28-9-11-31-12-10-28/h1-8H,9-14H2,(H,26,29)(H,27,30). The van der Waals surface area contributed by atoms with E-state index < -0.39 is 5.91 Å². The van der Waals surface area contributed by atoms with Gasteiger partial charge in [0.2, 0.25) is 5.91 Å². The average Bonchev–Trinajstić information content (AvgIpc) is 2.82. The van der Waals surface area contributed by atoms with Gasteiger partial charge in [-0.1, -0.05) is 53.7 Å². The molecule has 0 spiro atoms. The molecular formula is C22H22ClN5O3S. The number of morpholine rings is 1. The minimum absolute atomic E-state index is 0.0841. The lowest BCUT2D eigenvalue weighted by molar-refractivity contribution is -0.119. The average molecular weight is 472 g/mol. The highest BCUT2D eigenvalue weighted by atomic mass is 35.5. The maximum atomic E-state index is 12.3. The summed E-state index contributed by atoms with van der Waals surface area (Å²) in [4.78, 5) is 36.2. The highest BCUT2D eigenvalue weighted by Gasteiger charge is 2.16. The van der Waals surface area contributed by atoms with Gasteiger partial charge in [0.25, 0.3) is 5.91 Å². The summed E-state index contributed by atoms with van der Waals surface area (Å²) >= 11 is 7.31. The van der Waals surface area contributed by atoms with E-state index in [-0.39, 0.29) is 17.2 Å². The van der Waals surface area contributed by atoms with E-state index in [0.717, 1.165) is 29.0 Å². The fourth-order valence-electron chi connectivity index (χ4n) is 3.24. The van der Waals surface area contributed by atoms with Gasteiger partial charge in [0.15, 0.2) is 0 Å². The highest BCUT2D eigenvalue weighted by molar-refractivity contribution is 8.00. The molecule has 0 saturated carbocycles. The lowest BCUT2D eigenvalue weighted by Gasteiger charge is -2.25. The third-order valence-electron chi connectivity index (χ3n) is 4.86. The largest absolute Gasteiger partial charge is 0.379 e. The summed E-state index contributed by atoms with van der Waals surface area (Å²) in [5.41, 5.74) is 5.94. The van der Waals surface area contributed by atoms with Crippen LogP contribution in [0.4, 0.5) is 0 Å². The molecule has 0 unspecified atom stereocenters. The molecule has 3 aromatic rings. The Hall–Kier alpha value is -2.72. The van der Waals surface area contributed by atoms with Crippen LogP contribution in [0.1, 0.15) is 16.2 Å². The van der Waals surface area contributed by atoms with Crippen LogP contribution in [-0.4, -0.2) is 58.7 Å². The Morgan fingerprint density at radius 3 is 2.59 bits per heavy atom. The lowest BCUT2D eigenvalue weighted by atomic mass is 10.2. The molecular weight excluding hydrogens is 450 g/mol. The number of nitrogens with zero attached hydrogens (tertiary/aromatic N) is 3. The van der Waals surface area contributed by atoms with E-state index in [4.69, 9.17) is 21.3 Å². The fraction of sp³-hybridized carbons (Fsp3) is 0.273. The number of benzene rings is 2. The monoisotopic (exact) mass is 471 g/mol. The summed E-state index contributed by atoms with van der Waals surface area (Å²) in [5.74, 6) is -0.0385. The molecule has 2 N–H and O–H groups in total. The van der Waals surface area contributed by atoms with Crippen molar-refractivity contribution in [2.24, 2.45) is 0 Å². The third-order valence-corrected chi connectivity index (χ3v) is 6.18. The number of para-hydroxylation sites is 1. The van der Waals surface area contributed by atoms with Crippen molar-refractivity contribution in [1.29, 1.82) is 0 Å². The Balaban J connectivity index is 1.40. The Morgan fingerprint density at radius 1 is 1.03 bits per heavy atom. The zero-order chi connectivity index (χ0) is 22.3. The van der Waals surface area contributed by atoms with Crippen LogP contribution in [-0.2, 0) is 16.1 Å². The molecule has 10 heteroatoms. The Bertz CT molecular complexity index is 1120. The maximum absolute atomic E-state index is 12.3. The summed E-state index contributed by atoms with van der Waals surface area (Å²) in [5, 5.41) is 1.93. The predicted molar refractivity (Wildman–Crippen MR) is 123 cm³/mol. The van der Waals surface area contributed by atoms with Gasteiger partial charge in [-0.05, 0) is 18.2 Å². The van der Waals surface area contributed by atoms with Crippen LogP contribution in [0.25, 0.3) is 10.9 Å². The van der Waals surface area contributed by atoms with Gasteiger partial charge in [-0.15, -0.1) is 0 Å². The number of carbonyl (C=O) groups is 2. The van der Waals surface area contributed by atoms with Crippen LogP contribution in [0.2, 0.25) is 5.02 Å². The van der Waals surface area contributed by atoms with Crippen molar-refractivity contribution in [2.75, 3.05) is 32.1 Å². The highest BCUT2D eigenvalue weighted by Crippen LogP contribution is 2.25. The smallest absolute Gasteiger partial charge is 0.271 e. The van der Waals surface area contributed by atoms with Gasteiger partial charge >= 0.3 is 0 Å². The number of hydrogen-bond donors (Lipinski definition) is 2. The number of fused-ring (bicyclic) bond motifs is 1. The SMILES string of the molecule is O=C(CSc1nc(CN2CCOCC2)nc2ccccc12)NNC(=O)c1ccccc1Cl. The normalized spacial score (nSPS) is 14.3. The number of hydrazine groups is 1. The molecule has 0 atom stereocenters. The molecule has 2 amide bonds. The van der Waals surface area contributed by atoms with E-state index in [1.165, 1.54) is 11.8 Å². The predicted octanol–water partition coefficient (Wildman–Crippen LogP) is 2.67. The van der Waals surface area contributed by atoms with E-state index in [1.54, 1.807) is 24.3 Å². The number of thioether (sulfide) groups is 1. The second-order valence-electron chi connectivity index (χ2n) is 7.12. The van der Waals surface area contributed by atoms with Gasteiger partial charge in [-0.25, -0.2) is 9.97 Å². The Labute approximate surface area is 194 Å². The topological polar surface area (TPSA) is 96.5 Å². The van der Waals surface area contributed by atoms with Crippen LogP contribution in [0, 0.1) is 0 Å². The molecule has 1 aromatic heterocycles. The van der Waals surface area contributed by atoms with Crippen LogP contribution in [0.5, 0.6) is 0 Å². The number of hydrogen-bond acceptors (Lipinski definition) is 7. The van der Waals surface area contributed by atoms with Crippen molar-refractivity contribution in [3.63, 3.8) is 0 Å². The molecule has 166 valence electrons. The zero-order valence-electron chi connectivity index (χ0n) is 17.2. The maximum Gasteiger partial charge on any atom is 0.271 e. The number of rotatable bonds is 6. The van der Waals surface area contributed by atoms with Crippen molar-refractivity contribution < 1.29 is 14.3 Å². The Morgan fingerprint density at radius 2 is 1.78 bits per heavy atom. The molecule has 8 nitrogen and oxygen atoms in total. The lowest BCUT2D eigenvalue weighted by Crippen LogP contribution is -2.42. The van der Waals surface area contributed by atoms with E-state index >= 15 is 0 Å². The summed E-state index contributed by atoms with van der Waals surface area (Å²) in [6.45, 7) is 3.71. The van der Waals surface area contributed by atoms with E-state index in [2.05, 4.69) is 20.7 Å². The van der Waals surface area contributed by atoms with Crippen molar-refractivity contribution >= 4 is 46.1 Å². The van der Waals surface area contributed by atoms with Gasteiger partial charge in [-0.2, -0.15) is 0 Å². The molecule has 1 fully saturated rings. The number of aromatic nitrogens is 2. The first kappa shape index (κ1) is 22.5. The minimum atomic E-state index is -0.478. The molecule has 1 aliphatic heterocycles. The van der Waals surface area contributed by atoms with Crippen molar-refractivity contribution in [1.82, 2.24) is 25.7 Å². The van der Waals surface area contributed by atoms with Crippen molar-refractivity contribution in [2.45, 2.75) is 11.6 Å². The first-order chi connectivity index (χ1) is 15.6. The summed E-state index contributed by atoms with van der Waals surface area (Å²) in [6, 6.07) is 14.4. The van der Waals surface area contributed by atoms with Gasteiger partial charge < -0.3 is 4.74 Å². The van der Waals surface area contributed by atoms with E-state index in [0.29, 0.717) is 30.6 Å². The molecule has 32 heavy (non-hydrogen) atoms. The number of amides is 2. The molecule has 2 heterocycles. The molecule has 1 aliphatic rings. The number of halogens is 1. The number of nitrogens with one attached hydrogen (secondary N) is 2. The van der Waals surface area contributed by atoms with Gasteiger partial charge in [0.1, 0.15) is 10.9 Å². The molecule has 0 aliphatic carbocycles. The minimum Gasteiger partial charge on any atom is -0.379 e. The second-order valence-corrected chi connectivity index (χ2v) is 8.49. The van der Waals surface area contributed by atoms with Gasteiger partial charge in [0, 0.05) is 18.5 Å². The van der Waals surface area contributed by atoms with Crippen molar-refractivity contribution in [3.05, 3.63) is 64.9 Å². The summed E-state index contributed by atoms with van der Waals surface area (Å²) in [7, 11) is 0. The van der Waals surface area contributed by atoms with Crippen LogP contribution < -0.4 is 10.9 Å². The fourth-order valence-corrected chi connectivity index (χ4v) is 4.30. The first-order valence-electron chi connectivity index (χ1n) is 10.1. The van der Waals surface area contributed by atoms with Gasteiger partial charge in [-0.3, -0.25) is 25.3 Å². The molecule has 0 bridgehead atoms. The molecule has 1 saturated heterocycles. The van der Waals surface area contributed by atoms with Crippen LogP contribution in [0.15, 0.2) is 53.6 Å². The van der Waals surface area contributed by atoms with Crippen molar-refractivity contribution in [3.8, 4) is 0 Å². The quantitative estimate of drug-likeness (QED) is 0.324. The second kappa shape index (κ2) is 10.7. The first-order valence-corrected chi connectivity index (χ1v) is 11.5. The molecule has 4 rings (SSSR count). The number of carbonyl (C=O) groups excluding carboxylic acids is 2. The van der Waals surface area contributed by atoms with E-state index in [1.807, 2.05) is 24.3 Å². The van der Waals surface area contributed by atoms with Crippen LogP contribution >= 0.6 is 23.4 Å². The number of ether oxygens (including phenoxy) is 1.